The van der Waals surface area contributed by atoms with Gasteiger partial charge in [-0.2, -0.15) is 0 Å². The highest BCUT2D eigenvalue weighted by Gasteiger charge is 2.42. The van der Waals surface area contributed by atoms with Gasteiger partial charge >= 0.3 is 6.09 Å². The van der Waals surface area contributed by atoms with Gasteiger partial charge in [0.1, 0.15) is 0 Å². The third-order valence-corrected chi connectivity index (χ3v) is 3.62. The van der Waals surface area contributed by atoms with Crippen LogP contribution in [0.4, 0.5) is 4.79 Å². The third-order valence-electron chi connectivity index (χ3n) is 3.62. The Kier molecular flexibility index (Phi) is 2.63. The maximum atomic E-state index is 11.5. The molecule has 0 spiro atoms. The molecule has 14 heavy (non-hydrogen) atoms. The zero-order chi connectivity index (χ0) is 10.1. The van der Waals surface area contributed by atoms with Crippen LogP contribution in [0.2, 0.25) is 0 Å². The molecule has 3 aliphatic rings. The molecule has 0 aromatic heterocycles. The Morgan fingerprint density at radius 3 is 2.93 bits per heavy atom. The highest BCUT2D eigenvalue weighted by Crippen LogP contribution is 2.38. The van der Waals surface area contributed by atoms with Crippen LogP contribution in [0.15, 0.2) is 0 Å². The summed E-state index contributed by atoms with van der Waals surface area (Å²) in [7, 11) is 1.45. The van der Waals surface area contributed by atoms with E-state index < -0.39 is 0 Å². The molecule has 0 unspecified atom stereocenters. The molecule has 1 aliphatic carbocycles. The molecule has 2 N–H and O–H groups in total. The largest absolute Gasteiger partial charge is 0.453 e. The lowest BCUT2D eigenvalue weighted by Crippen LogP contribution is -2.56. The Bertz CT molecular complexity index is 232. The standard InChI is InChI=1S/C10H18N2O2/c1-14-10(13)12-6-7-2-3-9(12)8(4-7)5-11/h7-9H,2-6,11H2,1H3/t7-,8-,9-/m0/s1. The number of nitrogens with zero attached hydrogens (tertiary/aromatic N) is 1. The number of hydrogen-bond acceptors (Lipinski definition) is 3. The van der Waals surface area contributed by atoms with Crippen LogP contribution >= 0.6 is 0 Å². The van der Waals surface area contributed by atoms with E-state index in [1.54, 1.807) is 0 Å². The summed E-state index contributed by atoms with van der Waals surface area (Å²) in [6.07, 6.45) is 3.35. The zero-order valence-electron chi connectivity index (χ0n) is 8.61. The van der Waals surface area contributed by atoms with E-state index in [-0.39, 0.29) is 6.09 Å². The maximum absolute atomic E-state index is 11.5. The fourth-order valence-electron chi connectivity index (χ4n) is 2.92. The van der Waals surface area contributed by atoms with Crippen molar-refractivity contribution in [1.29, 1.82) is 0 Å². The van der Waals surface area contributed by atoms with E-state index in [9.17, 15) is 4.79 Å². The van der Waals surface area contributed by atoms with Gasteiger partial charge in [-0.05, 0) is 37.6 Å². The van der Waals surface area contributed by atoms with E-state index >= 15 is 0 Å². The van der Waals surface area contributed by atoms with Crippen LogP contribution in [0.25, 0.3) is 0 Å². The first-order chi connectivity index (χ1) is 6.76. The number of amides is 1. The highest BCUT2D eigenvalue weighted by molar-refractivity contribution is 5.68. The van der Waals surface area contributed by atoms with Gasteiger partial charge in [-0.25, -0.2) is 4.79 Å². The number of fused-ring (bicyclic) bond motifs is 3. The van der Waals surface area contributed by atoms with Gasteiger partial charge in [-0.15, -0.1) is 0 Å². The fourth-order valence-corrected chi connectivity index (χ4v) is 2.92. The first-order valence-corrected chi connectivity index (χ1v) is 5.31. The van der Waals surface area contributed by atoms with E-state index in [0.29, 0.717) is 24.4 Å². The van der Waals surface area contributed by atoms with Gasteiger partial charge in [0.2, 0.25) is 0 Å². The van der Waals surface area contributed by atoms with E-state index in [1.807, 2.05) is 4.90 Å². The normalized spacial score (nSPS) is 35.9. The van der Waals surface area contributed by atoms with E-state index in [4.69, 9.17) is 10.5 Å². The molecule has 3 atom stereocenters. The van der Waals surface area contributed by atoms with Gasteiger partial charge in [0, 0.05) is 12.6 Å². The molecule has 0 aromatic carbocycles. The van der Waals surface area contributed by atoms with Crippen LogP contribution in [-0.2, 0) is 4.74 Å². The van der Waals surface area contributed by atoms with Gasteiger partial charge < -0.3 is 15.4 Å². The van der Waals surface area contributed by atoms with Crippen molar-refractivity contribution in [3.63, 3.8) is 0 Å². The number of piperidine rings is 2. The van der Waals surface area contributed by atoms with Crippen molar-refractivity contribution in [3.8, 4) is 0 Å². The minimum atomic E-state index is -0.183. The fraction of sp³-hybridized carbons (Fsp3) is 0.900. The summed E-state index contributed by atoms with van der Waals surface area (Å²) in [5.74, 6) is 1.13. The van der Waals surface area contributed by atoms with E-state index in [2.05, 4.69) is 0 Å². The second-order valence-electron chi connectivity index (χ2n) is 4.36. The van der Waals surface area contributed by atoms with Crippen LogP contribution in [-0.4, -0.2) is 37.2 Å². The summed E-state index contributed by atoms with van der Waals surface area (Å²) in [6, 6.07) is 0.331. The van der Waals surface area contributed by atoms with Crippen molar-refractivity contribution < 1.29 is 9.53 Å². The Labute approximate surface area is 84.4 Å². The molecule has 4 nitrogen and oxygen atoms in total. The molecule has 0 aromatic rings. The van der Waals surface area contributed by atoms with Crippen molar-refractivity contribution in [2.75, 3.05) is 20.2 Å². The van der Waals surface area contributed by atoms with Crippen molar-refractivity contribution in [2.45, 2.75) is 25.3 Å². The maximum Gasteiger partial charge on any atom is 0.409 e. The van der Waals surface area contributed by atoms with Gasteiger partial charge in [0.05, 0.1) is 7.11 Å². The first kappa shape index (κ1) is 9.77. The minimum absolute atomic E-state index is 0.183. The number of hydrogen-bond donors (Lipinski definition) is 1. The average Bonchev–Trinajstić information content (AvgIpc) is 2.28. The number of methoxy groups -OCH3 is 1. The van der Waals surface area contributed by atoms with Crippen LogP contribution in [0, 0.1) is 11.8 Å². The minimum Gasteiger partial charge on any atom is -0.453 e. The monoisotopic (exact) mass is 198 g/mol. The lowest BCUT2D eigenvalue weighted by molar-refractivity contribution is 0.00640. The number of ether oxygens (including phenoxy) is 1. The average molecular weight is 198 g/mol. The molecular weight excluding hydrogens is 180 g/mol. The van der Waals surface area contributed by atoms with Crippen LogP contribution in [0.1, 0.15) is 19.3 Å². The van der Waals surface area contributed by atoms with Crippen LogP contribution < -0.4 is 5.73 Å². The molecule has 2 saturated heterocycles. The second-order valence-corrected chi connectivity index (χ2v) is 4.36. The lowest BCUT2D eigenvalue weighted by Gasteiger charge is -2.48. The number of carbonyl (C=O) groups excluding carboxylic acids is 1. The first-order valence-electron chi connectivity index (χ1n) is 5.31. The van der Waals surface area contributed by atoms with E-state index in [0.717, 1.165) is 13.0 Å². The van der Waals surface area contributed by atoms with Gasteiger partial charge in [0.15, 0.2) is 0 Å². The quantitative estimate of drug-likeness (QED) is 0.678. The smallest absolute Gasteiger partial charge is 0.409 e. The Hall–Kier alpha value is -0.770. The number of nitrogens with two attached hydrogens (primary N) is 1. The number of carbonyl (C=O) groups is 1. The summed E-state index contributed by atoms with van der Waals surface area (Å²) in [5.41, 5.74) is 5.71. The predicted octanol–water partition coefficient (Wildman–Crippen LogP) is 0.812. The SMILES string of the molecule is COC(=O)N1C[C@H]2CC[C@H]1[C@H](CN)C2. The molecule has 0 radical (unpaired) electrons. The molecular formula is C10H18N2O2. The Morgan fingerprint density at radius 1 is 1.57 bits per heavy atom. The third kappa shape index (κ3) is 1.47. The summed E-state index contributed by atoms with van der Waals surface area (Å²) >= 11 is 0. The topological polar surface area (TPSA) is 55.6 Å². The molecule has 2 aliphatic heterocycles. The highest BCUT2D eigenvalue weighted by atomic mass is 16.5. The van der Waals surface area contributed by atoms with Crippen molar-refractivity contribution in [3.05, 3.63) is 0 Å². The molecule has 80 valence electrons. The van der Waals surface area contributed by atoms with Crippen molar-refractivity contribution in [2.24, 2.45) is 17.6 Å². The lowest BCUT2D eigenvalue weighted by atomic mass is 9.73. The van der Waals surface area contributed by atoms with Gasteiger partial charge in [-0.3, -0.25) is 0 Å². The molecule has 2 bridgehead atoms. The van der Waals surface area contributed by atoms with Crippen molar-refractivity contribution >= 4 is 6.09 Å². The summed E-state index contributed by atoms with van der Waals surface area (Å²) < 4.78 is 4.78. The predicted molar refractivity (Wildman–Crippen MR) is 52.8 cm³/mol. The summed E-state index contributed by atoms with van der Waals surface area (Å²) in [6.45, 7) is 1.56. The van der Waals surface area contributed by atoms with Crippen LogP contribution in [0.5, 0.6) is 0 Å². The Morgan fingerprint density at radius 2 is 2.36 bits per heavy atom. The van der Waals surface area contributed by atoms with Gasteiger partial charge in [-0.1, -0.05) is 0 Å². The molecule has 1 saturated carbocycles. The summed E-state index contributed by atoms with van der Waals surface area (Å²) in [5, 5.41) is 0. The van der Waals surface area contributed by atoms with Crippen LogP contribution in [0.3, 0.4) is 0 Å². The molecule has 1 amide bonds. The Balaban J connectivity index is 2.09. The van der Waals surface area contributed by atoms with E-state index in [1.165, 1.54) is 20.0 Å². The molecule has 3 fully saturated rings. The number of rotatable bonds is 1. The molecule has 4 heteroatoms. The van der Waals surface area contributed by atoms with Crippen molar-refractivity contribution in [1.82, 2.24) is 4.90 Å². The molecule has 2 heterocycles. The zero-order valence-corrected chi connectivity index (χ0v) is 8.61. The van der Waals surface area contributed by atoms with Gasteiger partial charge in [0.25, 0.3) is 0 Å². The summed E-state index contributed by atoms with van der Waals surface area (Å²) in [4.78, 5) is 13.4. The molecule has 3 rings (SSSR count). The second kappa shape index (κ2) is 3.77.